The highest BCUT2D eigenvalue weighted by atomic mass is 35.5. The summed E-state index contributed by atoms with van der Waals surface area (Å²) in [5.74, 6) is -0.721. The number of hydrogen-bond acceptors (Lipinski definition) is 4. The highest BCUT2D eigenvalue weighted by Crippen LogP contribution is 2.20. The molecule has 7 nitrogen and oxygen atoms in total. The fourth-order valence-electron chi connectivity index (χ4n) is 3.42. The van der Waals surface area contributed by atoms with Crippen LogP contribution in [-0.2, 0) is 26.2 Å². The number of hydrogen-bond donors (Lipinski definition) is 1. The topological polar surface area (TPSA) is 86.8 Å². The van der Waals surface area contributed by atoms with E-state index in [-0.39, 0.29) is 23.4 Å². The van der Waals surface area contributed by atoms with Gasteiger partial charge in [0.15, 0.2) is 0 Å². The van der Waals surface area contributed by atoms with Crippen molar-refractivity contribution in [1.82, 2.24) is 14.5 Å². The van der Waals surface area contributed by atoms with Gasteiger partial charge in [-0.2, -0.15) is 4.31 Å². The highest BCUT2D eigenvalue weighted by Gasteiger charge is 2.32. The van der Waals surface area contributed by atoms with E-state index >= 15 is 0 Å². The van der Waals surface area contributed by atoms with Crippen molar-refractivity contribution in [3.63, 3.8) is 0 Å². The van der Waals surface area contributed by atoms with Gasteiger partial charge in [0.1, 0.15) is 6.04 Å². The number of nitrogens with zero attached hydrogens (tertiary/aromatic N) is 2. The minimum atomic E-state index is -3.91. The Morgan fingerprint density at radius 2 is 1.67 bits per heavy atom. The molecule has 0 aliphatic heterocycles. The molecule has 1 atom stereocenters. The van der Waals surface area contributed by atoms with E-state index in [4.69, 9.17) is 11.6 Å². The summed E-state index contributed by atoms with van der Waals surface area (Å²) in [6.07, 6.45) is 0.393. The smallest absolute Gasteiger partial charge is 0.243 e. The van der Waals surface area contributed by atoms with E-state index in [9.17, 15) is 18.0 Å². The number of nitrogens with one attached hydrogen (secondary N) is 1. The lowest BCUT2D eigenvalue weighted by Gasteiger charge is -2.32. The Morgan fingerprint density at radius 3 is 2.21 bits per heavy atom. The summed E-state index contributed by atoms with van der Waals surface area (Å²) >= 11 is 5.87. The van der Waals surface area contributed by atoms with Gasteiger partial charge in [-0.1, -0.05) is 42.8 Å². The summed E-state index contributed by atoms with van der Waals surface area (Å²) in [7, 11) is -2.56. The van der Waals surface area contributed by atoms with Crippen molar-refractivity contribution < 1.29 is 18.0 Å². The number of amides is 2. The predicted octanol–water partition coefficient (Wildman–Crippen LogP) is 3.60. The van der Waals surface area contributed by atoms with E-state index < -0.39 is 28.5 Å². The zero-order valence-corrected chi connectivity index (χ0v) is 21.3. The molecule has 2 aromatic rings. The molecule has 33 heavy (non-hydrogen) atoms. The number of sulfonamides is 1. The second-order valence-electron chi connectivity index (χ2n) is 8.25. The van der Waals surface area contributed by atoms with Gasteiger partial charge in [-0.3, -0.25) is 9.59 Å². The first-order valence-electron chi connectivity index (χ1n) is 10.8. The van der Waals surface area contributed by atoms with Crippen LogP contribution in [0.15, 0.2) is 53.4 Å². The summed E-state index contributed by atoms with van der Waals surface area (Å²) in [6, 6.07) is 12.6. The summed E-state index contributed by atoms with van der Waals surface area (Å²) < 4.78 is 26.9. The number of rotatable bonds is 10. The maximum atomic E-state index is 13.4. The van der Waals surface area contributed by atoms with Crippen LogP contribution in [0.4, 0.5) is 0 Å². The highest BCUT2D eigenvalue weighted by molar-refractivity contribution is 7.89. The lowest BCUT2D eigenvalue weighted by atomic mass is 10.1. The number of carbonyl (C=O) groups excluding carboxylic acids is 2. The minimum absolute atomic E-state index is 0.0391. The molecule has 0 heterocycles. The van der Waals surface area contributed by atoms with Crippen molar-refractivity contribution in [2.75, 3.05) is 13.6 Å². The molecule has 0 saturated carbocycles. The fraction of sp³-hybridized carbons (Fsp3) is 0.417. The average molecular weight is 494 g/mol. The first-order chi connectivity index (χ1) is 15.5. The van der Waals surface area contributed by atoms with Gasteiger partial charge >= 0.3 is 0 Å². The first-order valence-corrected chi connectivity index (χ1v) is 12.6. The standard InChI is InChI=1S/C24H32ClN3O4S/c1-6-22(24(30)26-17(2)3)28(15-19-10-8-7-9-18(19)4)23(29)16-27(5)33(31,32)21-13-11-20(25)12-14-21/h7-14,17,22H,6,15-16H2,1-5H3,(H,26,30)/t22-/m0/s1. The third-order valence-corrected chi connectivity index (χ3v) is 7.37. The van der Waals surface area contributed by atoms with Crippen LogP contribution in [0.1, 0.15) is 38.3 Å². The van der Waals surface area contributed by atoms with Crippen LogP contribution >= 0.6 is 11.6 Å². The lowest BCUT2D eigenvalue weighted by Crippen LogP contribution is -2.52. The molecule has 0 radical (unpaired) electrons. The molecule has 2 aromatic carbocycles. The molecule has 0 fully saturated rings. The normalized spacial score (nSPS) is 12.6. The molecule has 0 bridgehead atoms. The second kappa shape index (κ2) is 11.6. The van der Waals surface area contributed by atoms with Gasteiger partial charge < -0.3 is 10.2 Å². The molecule has 0 aromatic heterocycles. The molecule has 0 spiro atoms. The number of carbonyl (C=O) groups is 2. The van der Waals surface area contributed by atoms with Crippen LogP contribution < -0.4 is 5.32 Å². The Kier molecular flexibility index (Phi) is 9.46. The molecular weight excluding hydrogens is 462 g/mol. The third kappa shape index (κ3) is 7.03. The average Bonchev–Trinajstić information content (AvgIpc) is 2.74. The maximum absolute atomic E-state index is 13.4. The summed E-state index contributed by atoms with van der Waals surface area (Å²) in [5, 5.41) is 3.28. The quantitative estimate of drug-likeness (QED) is 0.547. The molecule has 0 aliphatic carbocycles. The molecule has 0 aliphatic rings. The van der Waals surface area contributed by atoms with Crippen molar-refractivity contribution in [1.29, 1.82) is 0 Å². The van der Waals surface area contributed by atoms with Crippen molar-refractivity contribution in [2.45, 2.75) is 57.6 Å². The summed E-state index contributed by atoms with van der Waals surface area (Å²) in [6.45, 7) is 7.27. The summed E-state index contributed by atoms with van der Waals surface area (Å²) in [5.41, 5.74) is 1.88. The van der Waals surface area contributed by atoms with Crippen LogP contribution in [0.2, 0.25) is 5.02 Å². The van der Waals surface area contributed by atoms with Crippen LogP contribution in [-0.4, -0.2) is 55.1 Å². The van der Waals surface area contributed by atoms with Crippen molar-refractivity contribution in [2.24, 2.45) is 0 Å². The predicted molar refractivity (Wildman–Crippen MR) is 130 cm³/mol. The number of halogens is 1. The SMILES string of the molecule is CC[C@@H](C(=O)NC(C)C)N(Cc1ccccc1C)C(=O)CN(C)S(=O)(=O)c1ccc(Cl)cc1. The van der Waals surface area contributed by atoms with E-state index in [1.54, 1.807) is 0 Å². The van der Waals surface area contributed by atoms with Crippen LogP contribution in [0.3, 0.4) is 0 Å². The molecule has 1 N–H and O–H groups in total. The zero-order valence-electron chi connectivity index (χ0n) is 19.7. The Morgan fingerprint density at radius 1 is 1.06 bits per heavy atom. The number of benzene rings is 2. The van der Waals surface area contributed by atoms with E-state index in [0.29, 0.717) is 11.4 Å². The van der Waals surface area contributed by atoms with Gasteiger partial charge in [-0.05, 0) is 62.6 Å². The Bertz CT molecular complexity index is 1070. The second-order valence-corrected chi connectivity index (χ2v) is 10.7. The molecular formula is C24H32ClN3O4S. The van der Waals surface area contributed by atoms with Gasteiger partial charge in [0.2, 0.25) is 21.8 Å². The summed E-state index contributed by atoms with van der Waals surface area (Å²) in [4.78, 5) is 27.8. The molecule has 180 valence electrons. The van der Waals surface area contributed by atoms with Crippen molar-refractivity contribution in [3.05, 3.63) is 64.7 Å². The van der Waals surface area contributed by atoms with E-state index in [1.807, 2.05) is 52.0 Å². The first kappa shape index (κ1) is 26.8. The van der Waals surface area contributed by atoms with Crippen LogP contribution in [0, 0.1) is 6.92 Å². The molecule has 9 heteroatoms. The van der Waals surface area contributed by atoms with E-state index in [0.717, 1.165) is 15.4 Å². The van der Waals surface area contributed by atoms with Crippen molar-refractivity contribution in [3.8, 4) is 0 Å². The zero-order chi connectivity index (χ0) is 24.8. The Hall–Kier alpha value is -2.42. The van der Waals surface area contributed by atoms with Gasteiger partial charge in [-0.25, -0.2) is 8.42 Å². The van der Waals surface area contributed by atoms with E-state index in [2.05, 4.69) is 5.32 Å². The molecule has 2 rings (SSSR count). The van der Waals surface area contributed by atoms with E-state index in [1.165, 1.54) is 36.2 Å². The monoisotopic (exact) mass is 493 g/mol. The fourth-order valence-corrected chi connectivity index (χ4v) is 4.67. The largest absolute Gasteiger partial charge is 0.352 e. The Labute approximate surface area is 201 Å². The van der Waals surface area contributed by atoms with Crippen molar-refractivity contribution >= 4 is 33.4 Å². The minimum Gasteiger partial charge on any atom is -0.352 e. The van der Waals surface area contributed by atoms with Gasteiger partial charge in [0.05, 0.1) is 11.4 Å². The van der Waals surface area contributed by atoms with Gasteiger partial charge in [0.25, 0.3) is 0 Å². The Balaban J connectivity index is 2.34. The van der Waals surface area contributed by atoms with Gasteiger partial charge in [-0.15, -0.1) is 0 Å². The van der Waals surface area contributed by atoms with Gasteiger partial charge in [0, 0.05) is 24.7 Å². The number of likely N-dealkylation sites (N-methyl/N-ethyl adjacent to an activating group) is 1. The molecule has 0 unspecified atom stereocenters. The molecule has 0 saturated heterocycles. The third-order valence-electron chi connectivity index (χ3n) is 5.30. The molecule has 2 amide bonds. The number of aryl methyl sites for hydroxylation is 1. The van der Waals surface area contributed by atoms with Crippen LogP contribution in [0.5, 0.6) is 0 Å². The maximum Gasteiger partial charge on any atom is 0.243 e. The lowest BCUT2D eigenvalue weighted by molar-refractivity contribution is -0.141. The van der Waals surface area contributed by atoms with Crippen LogP contribution in [0.25, 0.3) is 0 Å².